The predicted octanol–water partition coefficient (Wildman–Crippen LogP) is 1.50. The van der Waals surface area contributed by atoms with Gasteiger partial charge in [0.2, 0.25) is 16.9 Å². The number of carbonyl (C=O) groups is 3. The van der Waals surface area contributed by atoms with Gasteiger partial charge in [-0.05, 0) is 25.0 Å². The van der Waals surface area contributed by atoms with Gasteiger partial charge in [-0.3, -0.25) is 14.4 Å². The minimum Gasteiger partial charge on any atom is -0.345 e. The second-order valence-corrected chi connectivity index (χ2v) is 6.81. The average Bonchev–Trinajstić information content (AvgIpc) is 3.06. The molecule has 22 heavy (non-hydrogen) atoms. The summed E-state index contributed by atoms with van der Waals surface area (Å²) >= 11 is 1.26. The zero-order chi connectivity index (χ0) is 15.7. The van der Waals surface area contributed by atoms with E-state index in [-0.39, 0.29) is 35.3 Å². The minimum absolute atomic E-state index is 0.0217. The average molecular weight is 318 g/mol. The Balaban J connectivity index is 1.68. The molecule has 0 spiro atoms. The first-order valence-corrected chi connectivity index (χ1v) is 8.38. The third-order valence-corrected chi connectivity index (χ3v) is 5.16. The first-order valence-electron chi connectivity index (χ1n) is 7.39. The smallest absolute Gasteiger partial charge is 0.227 e. The van der Waals surface area contributed by atoms with E-state index in [1.807, 2.05) is 31.2 Å². The lowest BCUT2D eigenvalue weighted by Gasteiger charge is -2.19. The largest absolute Gasteiger partial charge is 0.345 e. The van der Waals surface area contributed by atoms with Gasteiger partial charge in [-0.2, -0.15) is 0 Å². The van der Waals surface area contributed by atoms with Gasteiger partial charge in [-0.1, -0.05) is 30.0 Å². The summed E-state index contributed by atoms with van der Waals surface area (Å²) in [6, 6.07) is 7.26. The number of para-hydroxylation sites is 1. The molecule has 0 aromatic heterocycles. The van der Waals surface area contributed by atoms with E-state index >= 15 is 0 Å². The van der Waals surface area contributed by atoms with Gasteiger partial charge in [0.05, 0.1) is 12.0 Å². The van der Waals surface area contributed by atoms with Crippen molar-refractivity contribution in [1.82, 2.24) is 5.32 Å². The van der Waals surface area contributed by atoms with Crippen molar-refractivity contribution in [3.05, 3.63) is 29.8 Å². The molecule has 2 heterocycles. The SMILES string of the molecule is Cc1ccccc1N1CC(C(=O)NC2CCSC2=O)CC1=O. The first-order chi connectivity index (χ1) is 10.6. The van der Waals surface area contributed by atoms with E-state index < -0.39 is 0 Å². The monoisotopic (exact) mass is 318 g/mol. The van der Waals surface area contributed by atoms with Crippen molar-refractivity contribution in [2.75, 3.05) is 17.2 Å². The van der Waals surface area contributed by atoms with Crippen molar-refractivity contribution in [2.24, 2.45) is 5.92 Å². The standard InChI is InChI=1S/C16H18N2O3S/c1-10-4-2-3-5-13(10)18-9-11(8-14(18)19)15(20)17-12-6-7-22-16(12)21/h2-5,11-12H,6-9H2,1H3,(H,17,20). The van der Waals surface area contributed by atoms with Gasteiger partial charge in [0.1, 0.15) is 0 Å². The van der Waals surface area contributed by atoms with Crippen LogP contribution in [0.5, 0.6) is 0 Å². The summed E-state index contributed by atoms with van der Waals surface area (Å²) < 4.78 is 0. The van der Waals surface area contributed by atoms with E-state index in [9.17, 15) is 14.4 Å². The summed E-state index contributed by atoms with van der Waals surface area (Å²) in [5.41, 5.74) is 1.87. The van der Waals surface area contributed by atoms with E-state index in [0.717, 1.165) is 17.0 Å². The molecule has 1 aromatic carbocycles. The molecule has 5 nitrogen and oxygen atoms in total. The van der Waals surface area contributed by atoms with Gasteiger partial charge in [-0.15, -0.1) is 0 Å². The summed E-state index contributed by atoms with van der Waals surface area (Å²) in [6.07, 6.45) is 0.881. The summed E-state index contributed by atoms with van der Waals surface area (Å²) in [4.78, 5) is 37.8. The van der Waals surface area contributed by atoms with Gasteiger partial charge < -0.3 is 10.2 Å². The van der Waals surface area contributed by atoms with Gasteiger partial charge >= 0.3 is 0 Å². The van der Waals surface area contributed by atoms with E-state index in [0.29, 0.717) is 13.0 Å². The fourth-order valence-corrected chi connectivity index (χ4v) is 3.83. The van der Waals surface area contributed by atoms with E-state index in [1.165, 1.54) is 11.8 Å². The third-order valence-electron chi connectivity index (χ3n) is 4.15. The molecule has 116 valence electrons. The van der Waals surface area contributed by atoms with Crippen molar-refractivity contribution >= 4 is 34.4 Å². The highest BCUT2D eigenvalue weighted by Gasteiger charge is 2.37. The van der Waals surface area contributed by atoms with Crippen LogP contribution < -0.4 is 10.2 Å². The molecule has 2 aliphatic heterocycles. The molecule has 6 heteroatoms. The lowest BCUT2D eigenvalue weighted by Crippen LogP contribution is -2.41. The number of nitrogens with one attached hydrogen (secondary N) is 1. The number of nitrogens with zero attached hydrogens (tertiary/aromatic N) is 1. The Morgan fingerprint density at radius 1 is 1.32 bits per heavy atom. The van der Waals surface area contributed by atoms with Crippen LogP contribution in [0, 0.1) is 12.8 Å². The molecular formula is C16H18N2O3S. The van der Waals surface area contributed by atoms with E-state index in [2.05, 4.69) is 5.32 Å². The van der Waals surface area contributed by atoms with E-state index in [1.54, 1.807) is 4.90 Å². The van der Waals surface area contributed by atoms with Crippen LogP contribution in [0.15, 0.2) is 24.3 Å². The number of hydrogen-bond donors (Lipinski definition) is 1. The van der Waals surface area contributed by atoms with Crippen LogP contribution in [0.3, 0.4) is 0 Å². The molecule has 2 fully saturated rings. The topological polar surface area (TPSA) is 66.5 Å². The van der Waals surface area contributed by atoms with Gasteiger partial charge in [0, 0.05) is 24.4 Å². The first kappa shape index (κ1) is 15.1. The molecule has 1 N–H and O–H groups in total. The Bertz CT molecular complexity index is 632. The van der Waals surface area contributed by atoms with Crippen molar-refractivity contribution in [2.45, 2.75) is 25.8 Å². The van der Waals surface area contributed by atoms with Gasteiger partial charge in [0.15, 0.2) is 0 Å². The molecule has 0 aliphatic carbocycles. The van der Waals surface area contributed by atoms with Gasteiger partial charge in [-0.25, -0.2) is 0 Å². The minimum atomic E-state index is -0.389. The molecule has 1 aromatic rings. The van der Waals surface area contributed by atoms with Crippen LogP contribution >= 0.6 is 11.8 Å². The van der Waals surface area contributed by atoms with Crippen LogP contribution in [0.2, 0.25) is 0 Å². The molecule has 0 bridgehead atoms. The zero-order valence-corrected chi connectivity index (χ0v) is 13.2. The molecule has 2 unspecified atom stereocenters. The summed E-state index contributed by atoms with van der Waals surface area (Å²) in [5.74, 6) is 0.139. The highest BCUT2D eigenvalue weighted by Crippen LogP contribution is 2.28. The molecule has 2 aliphatic rings. The number of aryl methyl sites for hydroxylation is 1. The second kappa shape index (κ2) is 6.12. The highest BCUT2D eigenvalue weighted by atomic mass is 32.2. The maximum absolute atomic E-state index is 12.3. The van der Waals surface area contributed by atoms with Crippen LogP contribution in [0.1, 0.15) is 18.4 Å². The maximum Gasteiger partial charge on any atom is 0.227 e. The Hall–Kier alpha value is -1.82. The molecule has 2 atom stereocenters. The Morgan fingerprint density at radius 3 is 2.77 bits per heavy atom. The summed E-state index contributed by atoms with van der Waals surface area (Å²) in [6.45, 7) is 2.33. The van der Waals surface area contributed by atoms with Crippen LogP contribution in [0.25, 0.3) is 0 Å². The van der Waals surface area contributed by atoms with Crippen molar-refractivity contribution in [3.63, 3.8) is 0 Å². The lowest BCUT2D eigenvalue weighted by molar-refractivity contribution is -0.128. The number of benzene rings is 1. The molecule has 2 saturated heterocycles. The molecule has 0 radical (unpaired) electrons. The summed E-state index contributed by atoms with van der Waals surface area (Å²) in [7, 11) is 0. The van der Waals surface area contributed by atoms with Crippen LogP contribution in [0.4, 0.5) is 5.69 Å². The molecular weight excluding hydrogens is 300 g/mol. The quantitative estimate of drug-likeness (QED) is 0.917. The Morgan fingerprint density at radius 2 is 2.09 bits per heavy atom. The normalized spacial score (nSPS) is 24.9. The van der Waals surface area contributed by atoms with Crippen LogP contribution in [-0.4, -0.2) is 35.3 Å². The highest BCUT2D eigenvalue weighted by molar-refractivity contribution is 8.14. The maximum atomic E-state index is 12.3. The predicted molar refractivity (Wildman–Crippen MR) is 85.7 cm³/mol. The fraction of sp³-hybridized carbons (Fsp3) is 0.438. The number of anilines is 1. The molecule has 3 rings (SSSR count). The van der Waals surface area contributed by atoms with Crippen LogP contribution in [-0.2, 0) is 14.4 Å². The summed E-state index contributed by atoms with van der Waals surface area (Å²) in [5, 5.41) is 2.81. The number of hydrogen-bond acceptors (Lipinski definition) is 4. The van der Waals surface area contributed by atoms with Gasteiger partial charge in [0.25, 0.3) is 0 Å². The second-order valence-electron chi connectivity index (χ2n) is 5.71. The number of amides is 2. The molecule has 2 amide bonds. The number of carbonyl (C=O) groups excluding carboxylic acids is 3. The van der Waals surface area contributed by atoms with Crippen molar-refractivity contribution in [1.29, 1.82) is 0 Å². The molecule has 0 saturated carbocycles. The van der Waals surface area contributed by atoms with Crippen molar-refractivity contribution in [3.8, 4) is 0 Å². The van der Waals surface area contributed by atoms with E-state index in [4.69, 9.17) is 0 Å². The lowest BCUT2D eigenvalue weighted by atomic mass is 10.1. The fourth-order valence-electron chi connectivity index (χ4n) is 2.90. The number of rotatable bonds is 3. The Kier molecular flexibility index (Phi) is 4.20. The zero-order valence-electron chi connectivity index (χ0n) is 12.4. The van der Waals surface area contributed by atoms with Crippen molar-refractivity contribution < 1.29 is 14.4 Å². The Labute approximate surface area is 133 Å². The number of thioether (sulfide) groups is 1. The third kappa shape index (κ3) is 2.88.